The van der Waals surface area contributed by atoms with E-state index >= 15 is 0 Å². The topological polar surface area (TPSA) is 72.2 Å². The third-order valence-electron chi connectivity index (χ3n) is 3.77. The van der Waals surface area contributed by atoms with Crippen LogP contribution in [0, 0.1) is 0 Å². The van der Waals surface area contributed by atoms with Crippen molar-refractivity contribution in [2.24, 2.45) is 5.73 Å². The van der Waals surface area contributed by atoms with Crippen LogP contribution in [-0.4, -0.2) is 20.5 Å². The Balaban J connectivity index is 2.12. The molecular weight excluding hydrogens is 260 g/mol. The number of aryl methyl sites for hydroxylation is 1. The van der Waals surface area contributed by atoms with Gasteiger partial charge in [0.2, 0.25) is 10.0 Å². The van der Waals surface area contributed by atoms with Gasteiger partial charge in [0.15, 0.2) is 0 Å². The standard InChI is InChI=1S/C14H22N2O2S/c1-2-11-7-9-12(10-8-11)19(17,18)16-14-6-4-3-5-13(14)15/h7-10,13-14,16H,2-6,15H2,1H3/t13-,14-/m1/s1. The zero-order chi connectivity index (χ0) is 13.9. The first-order valence-electron chi connectivity index (χ1n) is 6.90. The van der Waals surface area contributed by atoms with Gasteiger partial charge in [0.25, 0.3) is 0 Å². The van der Waals surface area contributed by atoms with E-state index in [4.69, 9.17) is 5.73 Å². The minimum atomic E-state index is -3.45. The Kier molecular flexibility index (Phi) is 4.60. The van der Waals surface area contributed by atoms with Gasteiger partial charge in [-0.05, 0) is 37.0 Å². The highest BCUT2D eigenvalue weighted by Crippen LogP contribution is 2.19. The summed E-state index contributed by atoms with van der Waals surface area (Å²) in [6.07, 6.45) is 4.75. The van der Waals surface area contributed by atoms with Gasteiger partial charge >= 0.3 is 0 Å². The maximum atomic E-state index is 12.3. The summed E-state index contributed by atoms with van der Waals surface area (Å²) in [7, 11) is -3.45. The average molecular weight is 282 g/mol. The van der Waals surface area contributed by atoms with Gasteiger partial charge in [-0.15, -0.1) is 0 Å². The Bertz CT molecular complexity index is 511. The summed E-state index contributed by atoms with van der Waals surface area (Å²) in [5, 5.41) is 0. The largest absolute Gasteiger partial charge is 0.326 e. The van der Waals surface area contributed by atoms with Gasteiger partial charge in [0, 0.05) is 12.1 Å². The third kappa shape index (κ3) is 3.55. The molecule has 106 valence electrons. The van der Waals surface area contributed by atoms with Crippen LogP contribution in [0.2, 0.25) is 0 Å². The Morgan fingerprint density at radius 1 is 1.21 bits per heavy atom. The van der Waals surface area contributed by atoms with E-state index in [1.165, 1.54) is 0 Å². The highest BCUT2D eigenvalue weighted by Gasteiger charge is 2.26. The molecule has 0 heterocycles. The molecule has 0 radical (unpaired) electrons. The molecule has 4 nitrogen and oxygen atoms in total. The number of rotatable bonds is 4. The van der Waals surface area contributed by atoms with Crippen molar-refractivity contribution in [2.45, 2.75) is 56.0 Å². The van der Waals surface area contributed by atoms with Gasteiger partial charge < -0.3 is 5.73 Å². The van der Waals surface area contributed by atoms with Crippen molar-refractivity contribution in [2.75, 3.05) is 0 Å². The lowest BCUT2D eigenvalue weighted by Crippen LogP contribution is -2.49. The van der Waals surface area contributed by atoms with E-state index in [9.17, 15) is 8.42 Å². The molecule has 1 saturated carbocycles. The Labute approximate surface area is 115 Å². The normalized spacial score (nSPS) is 24.3. The lowest BCUT2D eigenvalue weighted by atomic mass is 9.92. The molecule has 5 heteroatoms. The van der Waals surface area contributed by atoms with Crippen LogP contribution in [0.4, 0.5) is 0 Å². The van der Waals surface area contributed by atoms with Crippen LogP contribution in [-0.2, 0) is 16.4 Å². The van der Waals surface area contributed by atoms with Gasteiger partial charge in [0.05, 0.1) is 4.90 Å². The van der Waals surface area contributed by atoms with E-state index in [1.807, 2.05) is 19.1 Å². The van der Waals surface area contributed by atoms with Crippen LogP contribution in [0.3, 0.4) is 0 Å². The molecule has 2 atom stereocenters. The second-order valence-corrected chi connectivity index (χ2v) is 6.89. The molecule has 1 aliphatic rings. The van der Waals surface area contributed by atoms with Crippen LogP contribution >= 0.6 is 0 Å². The summed E-state index contributed by atoms with van der Waals surface area (Å²) in [5.74, 6) is 0. The predicted octanol–water partition coefficient (Wildman–Crippen LogP) is 1.80. The number of nitrogens with one attached hydrogen (secondary N) is 1. The van der Waals surface area contributed by atoms with Crippen molar-refractivity contribution >= 4 is 10.0 Å². The third-order valence-corrected chi connectivity index (χ3v) is 5.27. The highest BCUT2D eigenvalue weighted by molar-refractivity contribution is 7.89. The van der Waals surface area contributed by atoms with E-state index in [2.05, 4.69) is 4.72 Å². The summed E-state index contributed by atoms with van der Waals surface area (Å²) in [6.45, 7) is 2.04. The Hall–Kier alpha value is -0.910. The lowest BCUT2D eigenvalue weighted by Gasteiger charge is -2.29. The van der Waals surface area contributed by atoms with E-state index < -0.39 is 10.0 Å². The summed E-state index contributed by atoms with van der Waals surface area (Å²) < 4.78 is 27.3. The lowest BCUT2D eigenvalue weighted by molar-refractivity contribution is 0.361. The molecule has 1 aromatic rings. The molecule has 1 aliphatic carbocycles. The summed E-state index contributed by atoms with van der Waals surface area (Å²) >= 11 is 0. The minimum Gasteiger partial charge on any atom is -0.326 e. The molecule has 0 unspecified atom stereocenters. The fourth-order valence-corrected chi connectivity index (χ4v) is 3.80. The quantitative estimate of drug-likeness (QED) is 0.884. The second-order valence-electron chi connectivity index (χ2n) is 5.17. The van der Waals surface area contributed by atoms with Crippen molar-refractivity contribution in [1.29, 1.82) is 0 Å². The molecule has 0 bridgehead atoms. The molecule has 2 rings (SSSR count). The molecular formula is C14H22N2O2S. The maximum Gasteiger partial charge on any atom is 0.240 e. The zero-order valence-corrected chi connectivity index (χ0v) is 12.1. The van der Waals surface area contributed by atoms with Crippen molar-refractivity contribution in [3.63, 3.8) is 0 Å². The van der Waals surface area contributed by atoms with Crippen molar-refractivity contribution in [3.8, 4) is 0 Å². The number of hydrogen-bond acceptors (Lipinski definition) is 3. The molecule has 0 spiro atoms. The Morgan fingerprint density at radius 3 is 2.42 bits per heavy atom. The molecule has 1 aromatic carbocycles. The van der Waals surface area contributed by atoms with Crippen molar-refractivity contribution in [3.05, 3.63) is 29.8 Å². The van der Waals surface area contributed by atoms with Crippen LogP contribution in [0.1, 0.15) is 38.2 Å². The van der Waals surface area contributed by atoms with Crippen LogP contribution in [0.15, 0.2) is 29.2 Å². The first kappa shape index (κ1) is 14.5. The number of hydrogen-bond donors (Lipinski definition) is 2. The van der Waals surface area contributed by atoms with Crippen LogP contribution in [0.25, 0.3) is 0 Å². The van der Waals surface area contributed by atoms with Gasteiger partial charge in [-0.3, -0.25) is 0 Å². The molecule has 0 aromatic heterocycles. The smallest absolute Gasteiger partial charge is 0.240 e. The highest BCUT2D eigenvalue weighted by atomic mass is 32.2. The summed E-state index contributed by atoms with van der Waals surface area (Å²) in [5.41, 5.74) is 7.12. The van der Waals surface area contributed by atoms with E-state index in [0.29, 0.717) is 4.90 Å². The molecule has 3 N–H and O–H groups in total. The SMILES string of the molecule is CCc1ccc(S(=O)(=O)N[C@@H]2CCCC[C@H]2N)cc1. The molecule has 0 amide bonds. The minimum absolute atomic E-state index is 0.0709. The van der Waals surface area contributed by atoms with Crippen molar-refractivity contribution < 1.29 is 8.42 Å². The van der Waals surface area contributed by atoms with Crippen molar-refractivity contribution in [1.82, 2.24) is 4.72 Å². The van der Waals surface area contributed by atoms with Crippen LogP contribution < -0.4 is 10.5 Å². The van der Waals surface area contributed by atoms with E-state index in [0.717, 1.165) is 37.7 Å². The number of benzene rings is 1. The molecule has 0 saturated heterocycles. The predicted molar refractivity (Wildman–Crippen MR) is 76.4 cm³/mol. The number of sulfonamides is 1. The monoisotopic (exact) mass is 282 g/mol. The molecule has 0 aliphatic heterocycles. The van der Waals surface area contributed by atoms with Gasteiger partial charge in [0.1, 0.15) is 0 Å². The van der Waals surface area contributed by atoms with E-state index in [-0.39, 0.29) is 12.1 Å². The van der Waals surface area contributed by atoms with Gasteiger partial charge in [-0.25, -0.2) is 13.1 Å². The molecule has 19 heavy (non-hydrogen) atoms. The Morgan fingerprint density at radius 2 is 1.84 bits per heavy atom. The van der Waals surface area contributed by atoms with Gasteiger partial charge in [-0.1, -0.05) is 31.9 Å². The second kappa shape index (κ2) is 6.03. The van der Waals surface area contributed by atoms with Crippen LogP contribution in [0.5, 0.6) is 0 Å². The molecule has 1 fully saturated rings. The fraction of sp³-hybridized carbons (Fsp3) is 0.571. The fourth-order valence-electron chi connectivity index (χ4n) is 2.48. The van der Waals surface area contributed by atoms with E-state index in [1.54, 1.807) is 12.1 Å². The van der Waals surface area contributed by atoms with Gasteiger partial charge in [-0.2, -0.15) is 0 Å². The first-order chi connectivity index (χ1) is 9.03. The first-order valence-corrected chi connectivity index (χ1v) is 8.38. The average Bonchev–Trinajstić information content (AvgIpc) is 2.41. The zero-order valence-electron chi connectivity index (χ0n) is 11.3. The maximum absolute atomic E-state index is 12.3. The number of nitrogens with two attached hydrogens (primary N) is 1. The summed E-state index contributed by atoms with van der Waals surface area (Å²) in [4.78, 5) is 0.322. The summed E-state index contributed by atoms with van der Waals surface area (Å²) in [6, 6.07) is 6.83.